The molecule has 0 aliphatic carbocycles. The molecule has 0 bridgehead atoms. The van der Waals surface area contributed by atoms with E-state index < -0.39 is 29.7 Å². The van der Waals surface area contributed by atoms with Crippen molar-refractivity contribution < 1.29 is 23.5 Å². The van der Waals surface area contributed by atoms with E-state index in [1.165, 1.54) is 18.3 Å². The van der Waals surface area contributed by atoms with Gasteiger partial charge in [-0.25, -0.2) is 8.78 Å². The number of halogens is 3. The lowest BCUT2D eigenvalue weighted by Crippen LogP contribution is -2.48. The van der Waals surface area contributed by atoms with Crippen LogP contribution in [0.25, 0.3) is 0 Å². The monoisotopic (exact) mass is 593 g/mol. The van der Waals surface area contributed by atoms with E-state index in [0.717, 1.165) is 15.2 Å². The van der Waals surface area contributed by atoms with Crippen molar-refractivity contribution in [1.29, 1.82) is 0 Å². The summed E-state index contributed by atoms with van der Waals surface area (Å²) in [4.78, 5) is 28.8. The number of benzene rings is 2. The maximum Gasteiger partial charge on any atom is 0.220 e. The van der Waals surface area contributed by atoms with Crippen LogP contribution in [-0.4, -0.2) is 40.5 Å². The van der Waals surface area contributed by atoms with Crippen LogP contribution in [0.4, 0.5) is 8.78 Å². The summed E-state index contributed by atoms with van der Waals surface area (Å²) in [6.45, 7) is 0.642. The lowest BCUT2D eigenvalue weighted by atomic mass is 10.00. The Labute approximate surface area is 216 Å². The zero-order valence-electron chi connectivity index (χ0n) is 18.9. The Hall–Kier alpha value is -2.76. The number of carbonyl (C=O) groups is 2. The minimum absolute atomic E-state index is 0.0146. The van der Waals surface area contributed by atoms with Crippen molar-refractivity contribution in [2.75, 3.05) is 6.54 Å². The molecule has 6 nitrogen and oxygen atoms in total. The van der Waals surface area contributed by atoms with E-state index in [2.05, 4.69) is 38.2 Å². The fourth-order valence-electron chi connectivity index (χ4n) is 3.58. The third kappa shape index (κ3) is 9.08. The molecule has 0 aliphatic rings. The first-order valence-electron chi connectivity index (χ1n) is 11.1. The van der Waals surface area contributed by atoms with E-state index in [1.807, 2.05) is 24.3 Å². The highest BCUT2D eigenvalue weighted by molar-refractivity contribution is 14.1. The van der Waals surface area contributed by atoms with Gasteiger partial charge in [-0.3, -0.25) is 14.6 Å². The smallest absolute Gasteiger partial charge is 0.220 e. The number of carbonyl (C=O) groups excluding carboxylic acids is 2. The van der Waals surface area contributed by atoms with Crippen LogP contribution in [0.1, 0.15) is 34.5 Å². The van der Waals surface area contributed by atoms with Gasteiger partial charge < -0.3 is 15.7 Å². The average molecular weight is 593 g/mol. The highest BCUT2D eigenvalue weighted by atomic mass is 127. The molecule has 0 saturated heterocycles. The number of Topliss-reactive ketones (excluding diaryl/α,β-unsaturated/α-hetero) is 1. The standard InChI is InChI=1S/C26H26F2IN3O3/c27-19-10-18(11-20(28)14-19)13-23(25(34)16-30-15-17-4-3-5-21(29)12-17)32-26(35)8-7-24(33)22-6-1-2-9-31-22/h1-6,9-12,14,23,25,30,34H,7-8,13,15-16H2,(H,32,35)/t23-,25-/m1/s1. The van der Waals surface area contributed by atoms with Crippen LogP contribution < -0.4 is 10.6 Å². The highest BCUT2D eigenvalue weighted by Crippen LogP contribution is 2.13. The Morgan fingerprint density at radius 2 is 1.74 bits per heavy atom. The average Bonchev–Trinajstić information content (AvgIpc) is 2.82. The van der Waals surface area contributed by atoms with E-state index in [9.17, 15) is 23.5 Å². The Kier molecular flexibility index (Phi) is 10.2. The topological polar surface area (TPSA) is 91.3 Å². The van der Waals surface area contributed by atoms with Gasteiger partial charge in [0.05, 0.1) is 12.1 Å². The maximum atomic E-state index is 13.7. The zero-order valence-corrected chi connectivity index (χ0v) is 21.0. The Balaban J connectivity index is 1.61. The minimum atomic E-state index is -1.04. The number of nitrogens with zero attached hydrogens (tertiary/aromatic N) is 1. The summed E-state index contributed by atoms with van der Waals surface area (Å²) < 4.78 is 28.5. The SMILES string of the molecule is O=C(CCC(=O)c1ccccn1)N[C@H](Cc1cc(F)cc(F)c1)[C@H](O)CNCc1cccc(I)c1. The van der Waals surface area contributed by atoms with Crippen molar-refractivity contribution in [3.63, 3.8) is 0 Å². The van der Waals surface area contributed by atoms with Gasteiger partial charge in [0.15, 0.2) is 5.78 Å². The summed E-state index contributed by atoms with van der Waals surface area (Å²) >= 11 is 2.21. The normalized spacial score (nSPS) is 12.7. The number of hydrogen-bond donors (Lipinski definition) is 3. The molecule has 3 aromatic rings. The molecule has 2 aromatic carbocycles. The molecule has 1 aromatic heterocycles. The molecule has 1 heterocycles. The number of pyridine rings is 1. The molecule has 3 N–H and O–H groups in total. The van der Waals surface area contributed by atoms with Gasteiger partial charge in [-0.2, -0.15) is 0 Å². The van der Waals surface area contributed by atoms with E-state index in [4.69, 9.17) is 0 Å². The molecular weight excluding hydrogens is 567 g/mol. The summed E-state index contributed by atoms with van der Waals surface area (Å²) in [5.41, 5.74) is 1.60. The van der Waals surface area contributed by atoms with Crippen LogP contribution in [0, 0.1) is 15.2 Å². The summed E-state index contributed by atoms with van der Waals surface area (Å²) in [6, 6.07) is 15.1. The first kappa shape index (κ1) is 26.8. The van der Waals surface area contributed by atoms with Gasteiger partial charge in [0.1, 0.15) is 17.3 Å². The van der Waals surface area contributed by atoms with E-state index >= 15 is 0 Å². The fraction of sp³-hybridized carbons (Fsp3) is 0.269. The van der Waals surface area contributed by atoms with E-state index in [1.54, 1.807) is 18.2 Å². The predicted molar refractivity (Wildman–Crippen MR) is 137 cm³/mol. The van der Waals surface area contributed by atoms with Crippen molar-refractivity contribution in [2.45, 2.75) is 38.0 Å². The van der Waals surface area contributed by atoms with Crippen molar-refractivity contribution in [2.24, 2.45) is 0 Å². The van der Waals surface area contributed by atoms with Crippen LogP contribution in [0.15, 0.2) is 66.9 Å². The van der Waals surface area contributed by atoms with Gasteiger partial charge in [0.25, 0.3) is 0 Å². The number of aromatic nitrogens is 1. The molecule has 0 radical (unpaired) electrons. The number of aliphatic hydroxyl groups is 1. The second kappa shape index (κ2) is 13.4. The zero-order chi connectivity index (χ0) is 25.2. The molecule has 184 valence electrons. The molecule has 35 heavy (non-hydrogen) atoms. The van der Waals surface area contributed by atoms with Gasteiger partial charge in [0, 0.05) is 41.8 Å². The number of ketones is 1. The first-order chi connectivity index (χ1) is 16.8. The molecular formula is C26H26F2IN3O3. The molecule has 0 fully saturated rings. The number of amides is 1. The third-order valence-electron chi connectivity index (χ3n) is 5.29. The largest absolute Gasteiger partial charge is 0.390 e. The van der Waals surface area contributed by atoms with E-state index in [-0.39, 0.29) is 37.3 Å². The third-order valence-corrected chi connectivity index (χ3v) is 5.96. The van der Waals surface area contributed by atoms with Gasteiger partial charge in [-0.15, -0.1) is 0 Å². The second-order valence-corrected chi connectivity index (χ2v) is 9.37. The summed E-state index contributed by atoms with van der Waals surface area (Å²) in [6.07, 6.45) is 0.318. The molecule has 0 aliphatic heterocycles. The molecule has 1 amide bonds. The first-order valence-corrected chi connectivity index (χ1v) is 12.2. The van der Waals surface area contributed by atoms with Crippen molar-refractivity contribution in [3.8, 4) is 0 Å². The molecule has 9 heteroatoms. The Bertz CT molecular complexity index is 1130. The highest BCUT2D eigenvalue weighted by Gasteiger charge is 2.23. The summed E-state index contributed by atoms with van der Waals surface area (Å²) in [7, 11) is 0. The molecule has 3 rings (SSSR count). The predicted octanol–water partition coefficient (Wildman–Crippen LogP) is 3.81. The van der Waals surface area contributed by atoms with Crippen molar-refractivity contribution in [1.82, 2.24) is 15.6 Å². The molecule has 0 saturated carbocycles. The number of nitrogens with one attached hydrogen (secondary N) is 2. The van der Waals surface area contributed by atoms with E-state index in [0.29, 0.717) is 12.1 Å². The maximum absolute atomic E-state index is 13.7. The van der Waals surface area contributed by atoms with Gasteiger partial charge in [-0.05, 0) is 76.5 Å². The number of aliphatic hydroxyl groups excluding tert-OH is 1. The van der Waals surface area contributed by atoms with Gasteiger partial charge >= 0.3 is 0 Å². The second-order valence-electron chi connectivity index (χ2n) is 8.12. The summed E-state index contributed by atoms with van der Waals surface area (Å²) in [5, 5.41) is 16.7. The van der Waals surface area contributed by atoms with Crippen LogP contribution >= 0.6 is 22.6 Å². The number of rotatable bonds is 12. The van der Waals surface area contributed by atoms with Gasteiger partial charge in [0.2, 0.25) is 5.91 Å². The van der Waals surface area contributed by atoms with Crippen LogP contribution in [-0.2, 0) is 17.8 Å². The van der Waals surface area contributed by atoms with Crippen LogP contribution in [0.5, 0.6) is 0 Å². The molecule has 0 unspecified atom stereocenters. The quantitative estimate of drug-likeness (QED) is 0.220. The van der Waals surface area contributed by atoms with Crippen molar-refractivity contribution >= 4 is 34.3 Å². The number of hydrogen-bond acceptors (Lipinski definition) is 5. The summed E-state index contributed by atoms with van der Waals surface area (Å²) in [5.74, 6) is -2.20. The van der Waals surface area contributed by atoms with Crippen LogP contribution in [0.3, 0.4) is 0 Å². The Morgan fingerprint density at radius 3 is 2.43 bits per heavy atom. The fourth-order valence-corrected chi connectivity index (χ4v) is 4.19. The molecule has 0 spiro atoms. The van der Waals surface area contributed by atoms with Gasteiger partial charge in [-0.1, -0.05) is 18.2 Å². The minimum Gasteiger partial charge on any atom is -0.390 e. The van der Waals surface area contributed by atoms with Crippen LogP contribution in [0.2, 0.25) is 0 Å². The van der Waals surface area contributed by atoms with Crippen molar-refractivity contribution in [3.05, 3.63) is 98.9 Å². The lowest BCUT2D eigenvalue weighted by molar-refractivity contribution is -0.122. The lowest BCUT2D eigenvalue weighted by Gasteiger charge is -2.25. The Morgan fingerprint density at radius 1 is 0.971 bits per heavy atom. The molecule has 2 atom stereocenters.